The minimum Gasteiger partial charge on any atom is -0.378 e. The third kappa shape index (κ3) is 5.04. The van der Waals surface area contributed by atoms with Crippen molar-refractivity contribution in [3.63, 3.8) is 0 Å². The zero-order valence-electron chi connectivity index (χ0n) is 13.9. The Balaban J connectivity index is 1.61. The molecule has 2 aliphatic carbocycles. The summed E-state index contributed by atoms with van der Waals surface area (Å²) in [5.74, 6) is 0.863. The van der Waals surface area contributed by atoms with Gasteiger partial charge >= 0.3 is 0 Å². The zero-order valence-corrected chi connectivity index (χ0v) is 13.9. The van der Waals surface area contributed by atoms with Crippen molar-refractivity contribution in [2.45, 2.75) is 90.7 Å². The Morgan fingerprint density at radius 3 is 2.55 bits per heavy atom. The summed E-state index contributed by atoms with van der Waals surface area (Å²) >= 11 is 0. The van der Waals surface area contributed by atoms with E-state index in [0.717, 1.165) is 18.6 Å². The number of hydrogen-bond acceptors (Lipinski definition) is 2. The van der Waals surface area contributed by atoms with Crippen LogP contribution in [0.3, 0.4) is 0 Å². The molecule has 2 heteroatoms. The maximum absolute atomic E-state index is 6.16. The van der Waals surface area contributed by atoms with Gasteiger partial charge in [-0.2, -0.15) is 0 Å². The molecule has 2 rings (SSSR count). The van der Waals surface area contributed by atoms with Crippen molar-refractivity contribution in [1.29, 1.82) is 0 Å². The average Bonchev–Trinajstić information content (AvgIpc) is 2.86. The highest BCUT2D eigenvalue weighted by molar-refractivity contribution is 4.83. The molecule has 0 aromatic rings. The van der Waals surface area contributed by atoms with Crippen LogP contribution in [0.15, 0.2) is 0 Å². The Hall–Kier alpha value is -0.0800. The highest BCUT2D eigenvalue weighted by Crippen LogP contribution is 2.36. The molecule has 2 aliphatic rings. The van der Waals surface area contributed by atoms with E-state index in [2.05, 4.69) is 26.1 Å². The third-order valence-corrected chi connectivity index (χ3v) is 5.44. The van der Waals surface area contributed by atoms with Gasteiger partial charge in [-0.05, 0) is 69.2 Å². The van der Waals surface area contributed by atoms with Crippen molar-refractivity contribution in [2.75, 3.05) is 13.2 Å². The molecule has 2 unspecified atom stereocenters. The van der Waals surface area contributed by atoms with Gasteiger partial charge in [0.2, 0.25) is 0 Å². The van der Waals surface area contributed by atoms with Crippen molar-refractivity contribution in [3.05, 3.63) is 0 Å². The van der Waals surface area contributed by atoms with Gasteiger partial charge in [-0.25, -0.2) is 0 Å². The van der Waals surface area contributed by atoms with Crippen molar-refractivity contribution in [3.8, 4) is 0 Å². The van der Waals surface area contributed by atoms with Crippen LogP contribution in [0.2, 0.25) is 0 Å². The second kappa shape index (κ2) is 7.79. The molecule has 0 aromatic carbocycles. The maximum atomic E-state index is 6.16. The van der Waals surface area contributed by atoms with E-state index in [9.17, 15) is 0 Å². The molecule has 2 saturated carbocycles. The SMILES string of the molecule is CCCNC1CCCC1CCOC1CCC(C)(C)CC1. The van der Waals surface area contributed by atoms with E-state index in [1.165, 1.54) is 64.3 Å². The van der Waals surface area contributed by atoms with Crippen LogP contribution < -0.4 is 5.32 Å². The highest BCUT2D eigenvalue weighted by atomic mass is 16.5. The standard InChI is InChI=1S/C18H35NO/c1-4-13-19-17-7-5-6-15(17)10-14-20-16-8-11-18(2,3)12-9-16/h15-17,19H,4-14H2,1-3H3. The smallest absolute Gasteiger partial charge is 0.0575 e. The van der Waals surface area contributed by atoms with Crippen LogP contribution in [-0.4, -0.2) is 25.3 Å². The Labute approximate surface area is 126 Å². The fourth-order valence-electron chi connectivity index (χ4n) is 3.91. The van der Waals surface area contributed by atoms with Crippen LogP contribution in [0.4, 0.5) is 0 Å². The van der Waals surface area contributed by atoms with Gasteiger partial charge in [0.05, 0.1) is 6.10 Å². The molecule has 2 atom stereocenters. The molecule has 0 saturated heterocycles. The lowest BCUT2D eigenvalue weighted by molar-refractivity contribution is -0.00191. The summed E-state index contributed by atoms with van der Waals surface area (Å²) in [5.41, 5.74) is 0.556. The van der Waals surface area contributed by atoms with Crippen LogP contribution in [-0.2, 0) is 4.74 Å². The second-order valence-corrected chi connectivity index (χ2v) is 7.77. The quantitative estimate of drug-likeness (QED) is 0.740. The highest BCUT2D eigenvalue weighted by Gasteiger charge is 2.29. The van der Waals surface area contributed by atoms with Gasteiger partial charge in [0, 0.05) is 12.6 Å². The van der Waals surface area contributed by atoms with Crippen molar-refractivity contribution in [2.24, 2.45) is 11.3 Å². The van der Waals surface area contributed by atoms with Gasteiger partial charge in [-0.1, -0.05) is 27.2 Å². The first-order valence-electron chi connectivity index (χ1n) is 8.96. The molecule has 0 amide bonds. The Bertz CT molecular complexity index is 267. The number of hydrogen-bond donors (Lipinski definition) is 1. The first-order valence-corrected chi connectivity index (χ1v) is 8.96. The van der Waals surface area contributed by atoms with Gasteiger partial charge in [0.15, 0.2) is 0 Å². The van der Waals surface area contributed by atoms with E-state index < -0.39 is 0 Å². The Morgan fingerprint density at radius 1 is 1.10 bits per heavy atom. The second-order valence-electron chi connectivity index (χ2n) is 7.77. The monoisotopic (exact) mass is 281 g/mol. The van der Waals surface area contributed by atoms with Gasteiger partial charge in [-0.3, -0.25) is 0 Å². The van der Waals surface area contributed by atoms with E-state index >= 15 is 0 Å². The van der Waals surface area contributed by atoms with Gasteiger partial charge in [-0.15, -0.1) is 0 Å². The molecular weight excluding hydrogens is 246 g/mol. The summed E-state index contributed by atoms with van der Waals surface area (Å²) in [7, 11) is 0. The lowest BCUT2D eigenvalue weighted by Crippen LogP contribution is -2.34. The molecule has 0 aliphatic heterocycles. The third-order valence-electron chi connectivity index (χ3n) is 5.44. The van der Waals surface area contributed by atoms with Gasteiger partial charge in [0.1, 0.15) is 0 Å². The van der Waals surface area contributed by atoms with E-state index in [-0.39, 0.29) is 0 Å². The Morgan fingerprint density at radius 2 is 1.85 bits per heavy atom. The summed E-state index contributed by atoms with van der Waals surface area (Å²) in [6.45, 7) is 9.21. The van der Waals surface area contributed by atoms with Crippen LogP contribution in [0, 0.1) is 11.3 Å². The molecule has 20 heavy (non-hydrogen) atoms. The molecular formula is C18H35NO. The summed E-state index contributed by atoms with van der Waals surface area (Å²) in [6.07, 6.45) is 12.5. The fraction of sp³-hybridized carbons (Fsp3) is 1.00. The first-order chi connectivity index (χ1) is 9.61. The average molecular weight is 281 g/mol. The van der Waals surface area contributed by atoms with Gasteiger partial charge < -0.3 is 10.1 Å². The van der Waals surface area contributed by atoms with E-state index in [1.54, 1.807) is 0 Å². The molecule has 2 fully saturated rings. The zero-order chi connectivity index (χ0) is 14.4. The predicted octanol–water partition coefficient (Wildman–Crippen LogP) is 4.53. The fourth-order valence-corrected chi connectivity index (χ4v) is 3.91. The minimum absolute atomic E-state index is 0.548. The normalized spacial score (nSPS) is 30.8. The molecule has 2 nitrogen and oxygen atoms in total. The Kier molecular flexibility index (Phi) is 6.35. The van der Waals surface area contributed by atoms with Crippen molar-refractivity contribution < 1.29 is 4.74 Å². The molecule has 0 bridgehead atoms. The summed E-state index contributed by atoms with van der Waals surface area (Å²) in [6, 6.07) is 0.767. The molecule has 0 heterocycles. The lowest BCUT2D eigenvalue weighted by Gasteiger charge is -2.34. The maximum Gasteiger partial charge on any atom is 0.0575 e. The van der Waals surface area contributed by atoms with Crippen LogP contribution in [0.25, 0.3) is 0 Å². The van der Waals surface area contributed by atoms with Crippen molar-refractivity contribution >= 4 is 0 Å². The van der Waals surface area contributed by atoms with E-state index in [0.29, 0.717) is 11.5 Å². The molecule has 1 N–H and O–H groups in total. The molecule has 0 spiro atoms. The van der Waals surface area contributed by atoms with Crippen LogP contribution in [0.1, 0.15) is 78.6 Å². The largest absolute Gasteiger partial charge is 0.378 e. The van der Waals surface area contributed by atoms with Crippen LogP contribution >= 0.6 is 0 Å². The topological polar surface area (TPSA) is 21.3 Å². The first kappa shape index (κ1) is 16.3. The number of rotatable bonds is 7. The summed E-state index contributed by atoms with van der Waals surface area (Å²) < 4.78 is 6.16. The lowest BCUT2D eigenvalue weighted by atomic mass is 9.76. The van der Waals surface area contributed by atoms with Gasteiger partial charge in [0.25, 0.3) is 0 Å². The minimum atomic E-state index is 0.548. The number of nitrogens with one attached hydrogen (secondary N) is 1. The van der Waals surface area contributed by atoms with E-state index in [4.69, 9.17) is 4.74 Å². The molecule has 0 aromatic heterocycles. The molecule has 118 valence electrons. The summed E-state index contributed by atoms with van der Waals surface area (Å²) in [5, 5.41) is 3.73. The van der Waals surface area contributed by atoms with Crippen LogP contribution in [0.5, 0.6) is 0 Å². The molecule has 0 radical (unpaired) electrons. The predicted molar refractivity (Wildman–Crippen MR) is 86.0 cm³/mol. The van der Waals surface area contributed by atoms with Crippen molar-refractivity contribution in [1.82, 2.24) is 5.32 Å². The summed E-state index contributed by atoms with van der Waals surface area (Å²) in [4.78, 5) is 0. The van der Waals surface area contributed by atoms with E-state index in [1.807, 2.05) is 0 Å². The number of ether oxygens (including phenoxy) is 1.